The number of halogens is 2. The molecule has 0 saturated carbocycles. The van der Waals surface area contributed by atoms with Gasteiger partial charge in [0.25, 0.3) is 0 Å². The minimum atomic E-state index is 0.151. The van der Waals surface area contributed by atoms with Crippen molar-refractivity contribution in [2.75, 3.05) is 0 Å². The Bertz CT molecular complexity index is 318. The minimum absolute atomic E-state index is 0.151. The summed E-state index contributed by atoms with van der Waals surface area (Å²) in [7, 11) is 0. The quantitative estimate of drug-likeness (QED) is 0.395. The molecule has 12 heavy (non-hydrogen) atoms. The van der Waals surface area contributed by atoms with E-state index in [0.29, 0.717) is 11.6 Å². The second-order valence-corrected chi connectivity index (χ2v) is 2.92. The summed E-state index contributed by atoms with van der Waals surface area (Å²) in [6.07, 6.45) is 5.57. The number of hydrogen-bond acceptors (Lipinski definition) is 2. The third-order valence-corrected chi connectivity index (χ3v) is 1.90. The highest BCUT2D eigenvalue weighted by molar-refractivity contribution is 6.32. The average Bonchev–Trinajstić information content (AvgIpc) is 1.96. The van der Waals surface area contributed by atoms with Crippen molar-refractivity contribution in [3.8, 4) is 12.3 Å². The lowest BCUT2D eigenvalue weighted by Crippen LogP contribution is -1.96. The van der Waals surface area contributed by atoms with Gasteiger partial charge in [-0.05, 0) is 18.5 Å². The van der Waals surface area contributed by atoms with Crippen molar-refractivity contribution in [1.29, 1.82) is 0 Å². The zero-order valence-corrected chi connectivity index (χ0v) is 7.95. The summed E-state index contributed by atoms with van der Waals surface area (Å²) in [6.45, 7) is 1.80. The van der Waals surface area contributed by atoms with Gasteiger partial charge in [-0.3, -0.25) is 0 Å². The van der Waals surface area contributed by atoms with Crippen LogP contribution in [0.3, 0.4) is 0 Å². The second-order valence-electron chi connectivity index (χ2n) is 2.23. The lowest BCUT2D eigenvalue weighted by atomic mass is 10.2. The van der Waals surface area contributed by atoms with Gasteiger partial charge in [0, 0.05) is 17.7 Å². The monoisotopic (exact) mass is 200 g/mol. The summed E-state index contributed by atoms with van der Waals surface area (Å²) in [5.74, 6) is 2.48. The van der Waals surface area contributed by atoms with Crippen LogP contribution in [0.15, 0.2) is 0 Å². The molecule has 4 heteroatoms. The van der Waals surface area contributed by atoms with E-state index < -0.39 is 0 Å². The van der Waals surface area contributed by atoms with Crippen LogP contribution in [-0.2, 0) is 6.42 Å². The molecule has 0 N–H and O–H groups in total. The first-order valence-corrected chi connectivity index (χ1v) is 4.02. The topological polar surface area (TPSA) is 25.8 Å². The molecule has 1 rings (SSSR count). The molecule has 0 fully saturated rings. The van der Waals surface area contributed by atoms with Gasteiger partial charge in [-0.15, -0.1) is 12.3 Å². The maximum absolute atomic E-state index is 5.78. The Hall–Kier alpha value is -0.780. The van der Waals surface area contributed by atoms with Crippen molar-refractivity contribution in [2.45, 2.75) is 13.3 Å². The van der Waals surface area contributed by atoms with E-state index in [2.05, 4.69) is 15.9 Å². The lowest BCUT2D eigenvalue weighted by Gasteiger charge is -2.02. The Kier molecular flexibility index (Phi) is 2.91. The van der Waals surface area contributed by atoms with Crippen LogP contribution in [0, 0.1) is 19.3 Å². The normalized spacial score (nSPS) is 9.50. The van der Waals surface area contributed by atoms with Gasteiger partial charge >= 0.3 is 0 Å². The number of terminal acetylenes is 1. The molecular weight excluding hydrogens is 195 g/mol. The number of rotatable bonds is 1. The van der Waals surface area contributed by atoms with Crippen LogP contribution in [0.4, 0.5) is 0 Å². The highest BCUT2D eigenvalue weighted by Gasteiger charge is 2.06. The van der Waals surface area contributed by atoms with Crippen molar-refractivity contribution in [2.24, 2.45) is 0 Å². The molecule has 62 valence electrons. The molecule has 0 aliphatic rings. The molecule has 0 unspecified atom stereocenters. The zero-order chi connectivity index (χ0) is 9.14. The summed E-state index contributed by atoms with van der Waals surface area (Å²) in [5, 5.41) is 0.490. The Morgan fingerprint density at radius 2 is 2.08 bits per heavy atom. The fourth-order valence-corrected chi connectivity index (χ4v) is 1.37. The molecule has 0 spiro atoms. The van der Waals surface area contributed by atoms with Gasteiger partial charge in [0.2, 0.25) is 5.28 Å². The minimum Gasteiger partial charge on any atom is -0.223 e. The largest absolute Gasteiger partial charge is 0.224 e. The van der Waals surface area contributed by atoms with Crippen LogP contribution in [0.5, 0.6) is 0 Å². The number of aromatic nitrogens is 2. The van der Waals surface area contributed by atoms with E-state index in [0.717, 1.165) is 11.3 Å². The fourth-order valence-electron chi connectivity index (χ4n) is 0.832. The number of nitrogens with zero attached hydrogens (tertiary/aromatic N) is 2. The Balaban J connectivity index is 3.21. The molecule has 0 bridgehead atoms. The Morgan fingerprint density at radius 3 is 2.58 bits per heavy atom. The first kappa shape index (κ1) is 9.31. The Morgan fingerprint density at radius 1 is 1.42 bits per heavy atom. The van der Waals surface area contributed by atoms with Gasteiger partial charge in [0.1, 0.15) is 5.15 Å². The molecule has 2 nitrogen and oxygen atoms in total. The van der Waals surface area contributed by atoms with Crippen molar-refractivity contribution in [1.82, 2.24) is 9.97 Å². The van der Waals surface area contributed by atoms with Gasteiger partial charge in [0.15, 0.2) is 0 Å². The van der Waals surface area contributed by atoms with Crippen LogP contribution in [-0.4, -0.2) is 9.97 Å². The van der Waals surface area contributed by atoms with Crippen LogP contribution < -0.4 is 0 Å². The SMILES string of the molecule is C#CCc1c(C)nc(Cl)nc1Cl. The molecule has 0 aliphatic carbocycles. The van der Waals surface area contributed by atoms with E-state index in [9.17, 15) is 0 Å². The summed E-state index contributed by atoms with van der Waals surface area (Å²) in [6, 6.07) is 0. The molecule has 1 aromatic heterocycles. The van der Waals surface area contributed by atoms with Gasteiger partial charge in [-0.2, -0.15) is 0 Å². The van der Waals surface area contributed by atoms with Crippen LogP contribution >= 0.6 is 23.2 Å². The van der Waals surface area contributed by atoms with Crippen molar-refractivity contribution >= 4 is 23.2 Å². The highest BCUT2D eigenvalue weighted by atomic mass is 35.5. The van der Waals surface area contributed by atoms with E-state index in [1.807, 2.05) is 0 Å². The van der Waals surface area contributed by atoms with Gasteiger partial charge < -0.3 is 0 Å². The van der Waals surface area contributed by atoms with Crippen LogP contribution in [0.1, 0.15) is 11.3 Å². The van der Waals surface area contributed by atoms with Gasteiger partial charge in [-0.1, -0.05) is 11.6 Å². The molecule has 0 radical (unpaired) electrons. The first-order chi connectivity index (χ1) is 5.65. The molecule has 0 aromatic carbocycles. The molecule has 0 atom stereocenters. The smallest absolute Gasteiger partial charge is 0.223 e. The predicted octanol–water partition coefficient (Wildman–Crippen LogP) is 2.27. The van der Waals surface area contributed by atoms with Crippen molar-refractivity contribution in [3.05, 3.63) is 21.7 Å². The number of aryl methyl sites for hydroxylation is 1. The first-order valence-electron chi connectivity index (χ1n) is 3.27. The van der Waals surface area contributed by atoms with Gasteiger partial charge in [-0.25, -0.2) is 9.97 Å². The number of hydrogen-bond donors (Lipinski definition) is 0. The molecule has 1 heterocycles. The third-order valence-electron chi connectivity index (χ3n) is 1.41. The average molecular weight is 201 g/mol. The summed E-state index contributed by atoms with van der Waals surface area (Å²) in [4.78, 5) is 7.70. The summed E-state index contributed by atoms with van der Waals surface area (Å²) >= 11 is 11.3. The molecular formula is C8H6Cl2N2. The van der Waals surface area contributed by atoms with Crippen molar-refractivity contribution in [3.63, 3.8) is 0 Å². The molecule has 1 aromatic rings. The summed E-state index contributed by atoms with van der Waals surface area (Å²) in [5.41, 5.74) is 1.50. The van der Waals surface area contributed by atoms with E-state index in [1.54, 1.807) is 6.92 Å². The second kappa shape index (κ2) is 3.75. The van der Waals surface area contributed by atoms with Gasteiger partial charge in [0.05, 0.1) is 0 Å². The lowest BCUT2D eigenvalue weighted by molar-refractivity contribution is 1.04. The molecule has 0 aliphatic heterocycles. The van der Waals surface area contributed by atoms with Crippen LogP contribution in [0.25, 0.3) is 0 Å². The van der Waals surface area contributed by atoms with E-state index in [-0.39, 0.29) is 5.28 Å². The molecule has 0 amide bonds. The summed E-state index contributed by atoms with van der Waals surface area (Å²) < 4.78 is 0. The Labute approximate surface area is 80.9 Å². The third kappa shape index (κ3) is 1.88. The highest BCUT2D eigenvalue weighted by Crippen LogP contribution is 2.18. The maximum atomic E-state index is 5.78. The van der Waals surface area contributed by atoms with Crippen molar-refractivity contribution < 1.29 is 0 Å². The standard InChI is InChI=1S/C8H6Cl2N2/c1-3-4-6-5(2)11-8(10)12-7(6)9/h1H,4H2,2H3. The predicted molar refractivity (Wildman–Crippen MR) is 49.3 cm³/mol. The zero-order valence-electron chi connectivity index (χ0n) is 6.43. The van der Waals surface area contributed by atoms with E-state index in [1.165, 1.54) is 0 Å². The maximum Gasteiger partial charge on any atom is 0.224 e. The van der Waals surface area contributed by atoms with E-state index in [4.69, 9.17) is 29.6 Å². The fraction of sp³-hybridized carbons (Fsp3) is 0.250. The molecule has 0 saturated heterocycles. The van der Waals surface area contributed by atoms with Crippen LogP contribution in [0.2, 0.25) is 10.4 Å². The van der Waals surface area contributed by atoms with E-state index >= 15 is 0 Å².